The maximum Gasteiger partial charge on any atom is 2.00 e. The SMILES string of the molecule is CCCCc1ccc2nc(Cl)cn2n1.[Cl-].[Cl-].[Zn+2]. The molecular formula is C10H12Cl3N3Zn. The van der Waals surface area contributed by atoms with Crippen molar-refractivity contribution in [1.82, 2.24) is 14.6 Å². The van der Waals surface area contributed by atoms with E-state index in [-0.39, 0.29) is 44.3 Å². The minimum Gasteiger partial charge on any atom is -1.00 e. The molecule has 0 unspecified atom stereocenters. The van der Waals surface area contributed by atoms with Crippen LogP contribution in [0, 0.1) is 0 Å². The number of hydrogen-bond donors (Lipinski definition) is 0. The molecule has 0 amide bonds. The first-order valence-electron chi connectivity index (χ1n) is 4.80. The quantitative estimate of drug-likeness (QED) is 0.547. The zero-order valence-corrected chi connectivity index (χ0v) is 14.8. The Morgan fingerprint density at radius 2 is 2.00 bits per heavy atom. The summed E-state index contributed by atoms with van der Waals surface area (Å²) in [5, 5.41) is 4.89. The Morgan fingerprint density at radius 1 is 1.29 bits per heavy atom. The van der Waals surface area contributed by atoms with E-state index in [1.807, 2.05) is 12.1 Å². The van der Waals surface area contributed by atoms with E-state index in [2.05, 4.69) is 17.0 Å². The van der Waals surface area contributed by atoms with Crippen LogP contribution < -0.4 is 24.8 Å². The van der Waals surface area contributed by atoms with Gasteiger partial charge < -0.3 is 24.8 Å². The molecule has 2 aromatic heterocycles. The molecule has 0 aromatic carbocycles. The smallest absolute Gasteiger partial charge is 1.00 e. The van der Waals surface area contributed by atoms with Crippen molar-refractivity contribution in [1.29, 1.82) is 0 Å². The first-order valence-corrected chi connectivity index (χ1v) is 5.18. The third-order valence-corrected chi connectivity index (χ3v) is 2.31. The minimum absolute atomic E-state index is 0. The van der Waals surface area contributed by atoms with E-state index >= 15 is 0 Å². The van der Waals surface area contributed by atoms with E-state index in [0.29, 0.717) is 5.15 Å². The molecule has 0 N–H and O–H groups in total. The molecular weight excluding hydrogens is 334 g/mol. The molecule has 0 bridgehead atoms. The van der Waals surface area contributed by atoms with Gasteiger partial charge in [-0.3, -0.25) is 0 Å². The van der Waals surface area contributed by atoms with Gasteiger partial charge in [0.15, 0.2) is 5.65 Å². The maximum atomic E-state index is 5.77. The van der Waals surface area contributed by atoms with Gasteiger partial charge in [-0.2, -0.15) is 5.10 Å². The fourth-order valence-corrected chi connectivity index (χ4v) is 1.56. The molecule has 3 nitrogen and oxygen atoms in total. The topological polar surface area (TPSA) is 30.2 Å². The van der Waals surface area contributed by atoms with Crippen LogP contribution in [0.1, 0.15) is 25.5 Å². The first-order chi connectivity index (χ1) is 6.79. The van der Waals surface area contributed by atoms with Crippen molar-refractivity contribution in [3.63, 3.8) is 0 Å². The van der Waals surface area contributed by atoms with Crippen molar-refractivity contribution in [2.24, 2.45) is 0 Å². The van der Waals surface area contributed by atoms with Gasteiger partial charge in [0.05, 0.1) is 11.9 Å². The van der Waals surface area contributed by atoms with Crippen LogP contribution in [0.3, 0.4) is 0 Å². The van der Waals surface area contributed by atoms with Crippen LogP contribution in [0.5, 0.6) is 0 Å². The van der Waals surface area contributed by atoms with Crippen LogP contribution in [0.2, 0.25) is 5.15 Å². The normalized spacial score (nSPS) is 9.06. The molecule has 0 atom stereocenters. The Labute approximate surface area is 131 Å². The molecule has 2 rings (SSSR count). The van der Waals surface area contributed by atoms with E-state index in [9.17, 15) is 0 Å². The van der Waals surface area contributed by atoms with Crippen LogP contribution in [0.25, 0.3) is 5.65 Å². The fraction of sp³-hybridized carbons (Fsp3) is 0.400. The van der Waals surface area contributed by atoms with Gasteiger partial charge in [0.1, 0.15) is 5.15 Å². The Kier molecular flexibility index (Phi) is 10.4. The van der Waals surface area contributed by atoms with E-state index in [1.54, 1.807) is 10.7 Å². The van der Waals surface area contributed by atoms with Crippen LogP contribution in [0.15, 0.2) is 18.3 Å². The molecule has 0 aliphatic rings. The molecule has 0 aliphatic carbocycles. The van der Waals surface area contributed by atoms with E-state index in [0.717, 1.165) is 17.8 Å². The van der Waals surface area contributed by atoms with Gasteiger partial charge in [-0.25, -0.2) is 9.50 Å². The summed E-state index contributed by atoms with van der Waals surface area (Å²) in [5.41, 5.74) is 1.89. The van der Waals surface area contributed by atoms with Crippen molar-refractivity contribution in [2.75, 3.05) is 0 Å². The Bertz CT molecular complexity index is 447. The van der Waals surface area contributed by atoms with Crippen molar-refractivity contribution in [3.05, 3.63) is 29.2 Å². The summed E-state index contributed by atoms with van der Waals surface area (Å²) in [6, 6.07) is 3.96. The third-order valence-electron chi connectivity index (χ3n) is 2.13. The summed E-state index contributed by atoms with van der Waals surface area (Å²) in [4.78, 5) is 4.10. The number of fused-ring (bicyclic) bond motifs is 1. The molecule has 0 saturated heterocycles. The number of unbranched alkanes of at least 4 members (excludes halogenated alkanes) is 1. The summed E-state index contributed by atoms with van der Waals surface area (Å²) in [6.45, 7) is 2.17. The standard InChI is InChI=1S/C10H12ClN3.2ClH.Zn/c1-2-3-4-8-5-6-10-12-9(11)7-14(10)13-8;;;/h5-7H,2-4H2,1H3;2*1H;/q;;;+2/p-2. The molecule has 7 heteroatoms. The van der Waals surface area contributed by atoms with Gasteiger partial charge in [-0.1, -0.05) is 24.9 Å². The monoisotopic (exact) mass is 343 g/mol. The largest absolute Gasteiger partial charge is 2.00 e. The second kappa shape index (κ2) is 9.10. The fourth-order valence-electron chi connectivity index (χ4n) is 1.38. The predicted molar refractivity (Wildman–Crippen MR) is 56.6 cm³/mol. The van der Waals surface area contributed by atoms with Crippen molar-refractivity contribution in [2.45, 2.75) is 26.2 Å². The minimum atomic E-state index is 0. The summed E-state index contributed by atoms with van der Waals surface area (Å²) < 4.78 is 1.73. The number of aromatic nitrogens is 3. The van der Waals surface area contributed by atoms with Gasteiger partial charge in [-0.05, 0) is 25.0 Å². The Morgan fingerprint density at radius 3 is 2.65 bits per heavy atom. The molecule has 0 aliphatic heterocycles. The van der Waals surface area contributed by atoms with Crippen LogP contribution in [0.4, 0.5) is 0 Å². The van der Waals surface area contributed by atoms with Crippen molar-refractivity contribution < 1.29 is 44.3 Å². The second-order valence-electron chi connectivity index (χ2n) is 3.29. The Balaban J connectivity index is 0. The molecule has 0 saturated carbocycles. The first kappa shape index (κ1) is 19.5. The number of hydrogen-bond acceptors (Lipinski definition) is 2. The number of aryl methyl sites for hydroxylation is 1. The van der Waals surface area contributed by atoms with Crippen molar-refractivity contribution >= 4 is 17.2 Å². The molecule has 2 heterocycles. The van der Waals surface area contributed by atoms with Crippen LogP contribution in [-0.2, 0) is 25.9 Å². The van der Waals surface area contributed by atoms with Crippen LogP contribution in [-0.4, -0.2) is 14.6 Å². The number of nitrogens with zero attached hydrogens (tertiary/aromatic N) is 3. The number of halogens is 3. The molecule has 2 aromatic rings. The van der Waals surface area contributed by atoms with E-state index < -0.39 is 0 Å². The average Bonchev–Trinajstić information content (AvgIpc) is 2.54. The number of imidazole rings is 1. The summed E-state index contributed by atoms with van der Waals surface area (Å²) >= 11 is 5.77. The molecule has 0 fully saturated rings. The van der Waals surface area contributed by atoms with Gasteiger partial charge in [0.25, 0.3) is 0 Å². The molecule has 17 heavy (non-hydrogen) atoms. The summed E-state index contributed by atoms with van der Waals surface area (Å²) in [6.07, 6.45) is 5.10. The van der Waals surface area contributed by atoms with Gasteiger partial charge in [-0.15, -0.1) is 0 Å². The van der Waals surface area contributed by atoms with Gasteiger partial charge in [0.2, 0.25) is 0 Å². The predicted octanol–water partition coefficient (Wildman–Crippen LogP) is -3.27. The Hall–Kier alpha value is 0.113. The second-order valence-corrected chi connectivity index (χ2v) is 3.68. The molecule has 90 valence electrons. The molecule has 0 radical (unpaired) electrons. The number of rotatable bonds is 3. The average molecular weight is 346 g/mol. The van der Waals surface area contributed by atoms with E-state index in [4.69, 9.17) is 11.6 Å². The summed E-state index contributed by atoms with van der Waals surface area (Å²) in [7, 11) is 0. The van der Waals surface area contributed by atoms with Gasteiger partial charge >= 0.3 is 19.5 Å². The zero-order valence-electron chi connectivity index (χ0n) is 9.54. The maximum absolute atomic E-state index is 5.77. The third kappa shape index (κ3) is 5.09. The zero-order chi connectivity index (χ0) is 9.97. The molecule has 0 spiro atoms. The van der Waals surface area contributed by atoms with Crippen molar-refractivity contribution in [3.8, 4) is 0 Å². The van der Waals surface area contributed by atoms with Gasteiger partial charge in [0, 0.05) is 0 Å². The van der Waals surface area contributed by atoms with Crippen LogP contribution >= 0.6 is 11.6 Å². The van der Waals surface area contributed by atoms with E-state index in [1.165, 1.54) is 12.8 Å². The summed E-state index contributed by atoms with van der Waals surface area (Å²) in [5.74, 6) is 0.